The molecule has 4 nitrogen and oxygen atoms in total. The fourth-order valence-electron chi connectivity index (χ4n) is 1.44. The molecule has 0 bridgehead atoms. The van der Waals surface area contributed by atoms with E-state index in [2.05, 4.69) is 18.8 Å². The summed E-state index contributed by atoms with van der Waals surface area (Å²) in [6.45, 7) is 5.94. The third kappa shape index (κ3) is 1.52. The number of carboxylic acids is 1. The highest BCUT2D eigenvalue weighted by molar-refractivity contribution is 7.18. The lowest BCUT2D eigenvalue weighted by Gasteiger charge is -1.96. The summed E-state index contributed by atoms with van der Waals surface area (Å²) in [7, 11) is 0. The molecule has 0 spiro atoms. The van der Waals surface area contributed by atoms with Crippen molar-refractivity contribution in [3.8, 4) is 0 Å². The third-order valence-corrected chi connectivity index (χ3v) is 3.51. The van der Waals surface area contributed by atoms with Gasteiger partial charge in [-0.15, -0.1) is 0 Å². The third-order valence-electron chi connectivity index (χ3n) is 2.36. The van der Waals surface area contributed by atoms with E-state index in [4.69, 9.17) is 5.11 Å². The zero-order valence-electron chi connectivity index (χ0n) is 8.81. The SMILES string of the molecule is Cc1c(C(=O)O)sc2nc(C(C)C)cn12. The highest BCUT2D eigenvalue weighted by Gasteiger charge is 2.17. The summed E-state index contributed by atoms with van der Waals surface area (Å²) in [5.74, 6) is -0.515. The molecule has 0 saturated carbocycles. The van der Waals surface area contributed by atoms with Gasteiger partial charge < -0.3 is 5.11 Å². The van der Waals surface area contributed by atoms with Crippen molar-refractivity contribution in [2.24, 2.45) is 0 Å². The topological polar surface area (TPSA) is 54.6 Å². The van der Waals surface area contributed by atoms with Gasteiger partial charge in [0.15, 0.2) is 4.96 Å². The van der Waals surface area contributed by atoms with E-state index in [1.165, 1.54) is 11.3 Å². The Hall–Kier alpha value is -1.36. The Labute approximate surface area is 91.2 Å². The molecule has 1 N–H and O–H groups in total. The Bertz CT molecular complexity index is 525. The number of aromatic nitrogens is 2. The summed E-state index contributed by atoms with van der Waals surface area (Å²) in [5.41, 5.74) is 1.75. The van der Waals surface area contributed by atoms with Crippen LogP contribution in [-0.4, -0.2) is 20.5 Å². The molecular formula is C10H12N2O2S. The lowest BCUT2D eigenvalue weighted by atomic mass is 10.2. The maximum Gasteiger partial charge on any atom is 0.347 e. The Morgan fingerprint density at radius 3 is 2.73 bits per heavy atom. The molecule has 15 heavy (non-hydrogen) atoms. The van der Waals surface area contributed by atoms with Gasteiger partial charge in [0, 0.05) is 11.9 Å². The van der Waals surface area contributed by atoms with Crippen LogP contribution in [0.2, 0.25) is 0 Å². The van der Waals surface area contributed by atoms with Gasteiger partial charge in [0.25, 0.3) is 0 Å². The molecule has 0 aliphatic carbocycles. The maximum absolute atomic E-state index is 10.9. The fraction of sp³-hybridized carbons (Fsp3) is 0.400. The van der Waals surface area contributed by atoms with Crippen LogP contribution in [0.1, 0.15) is 40.8 Å². The first-order valence-electron chi connectivity index (χ1n) is 4.72. The van der Waals surface area contributed by atoms with Crippen LogP contribution in [0.5, 0.6) is 0 Å². The highest BCUT2D eigenvalue weighted by atomic mass is 32.1. The molecule has 0 amide bonds. The van der Waals surface area contributed by atoms with Crippen LogP contribution in [0.4, 0.5) is 0 Å². The van der Waals surface area contributed by atoms with Crippen molar-refractivity contribution in [3.63, 3.8) is 0 Å². The summed E-state index contributed by atoms with van der Waals surface area (Å²) < 4.78 is 1.85. The fourth-order valence-corrected chi connectivity index (χ4v) is 2.40. The van der Waals surface area contributed by atoms with E-state index in [0.29, 0.717) is 10.8 Å². The average Bonchev–Trinajstić information content (AvgIpc) is 2.65. The largest absolute Gasteiger partial charge is 0.477 e. The Morgan fingerprint density at radius 1 is 1.60 bits per heavy atom. The minimum atomic E-state index is -0.880. The number of carboxylic acid groups (broad SMARTS) is 1. The van der Waals surface area contributed by atoms with Crippen molar-refractivity contribution in [1.29, 1.82) is 0 Å². The molecule has 0 aliphatic rings. The second kappa shape index (κ2) is 3.34. The van der Waals surface area contributed by atoms with Gasteiger partial charge in [-0.2, -0.15) is 0 Å². The molecule has 0 saturated heterocycles. The summed E-state index contributed by atoms with van der Waals surface area (Å²) in [6, 6.07) is 0. The summed E-state index contributed by atoms with van der Waals surface area (Å²) >= 11 is 1.22. The van der Waals surface area contributed by atoms with Gasteiger partial charge in [0.2, 0.25) is 0 Å². The van der Waals surface area contributed by atoms with E-state index in [1.54, 1.807) is 6.92 Å². The summed E-state index contributed by atoms with van der Waals surface area (Å²) in [6.07, 6.45) is 1.91. The van der Waals surface area contributed by atoms with Gasteiger partial charge in [-0.05, 0) is 12.8 Å². The quantitative estimate of drug-likeness (QED) is 0.852. The van der Waals surface area contributed by atoms with Crippen LogP contribution in [0.25, 0.3) is 4.96 Å². The maximum atomic E-state index is 10.9. The standard InChI is InChI=1S/C10H12N2O2S/c1-5(2)7-4-12-6(3)8(9(13)14)15-10(12)11-7/h4-5H,1-3H3,(H,13,14). The number of hydrogen-bond acceptors (Lipinski definition) is 3. The summed E-state index contributed by atoms with van der Waals surface area (Å²) in [4.78, 5) is 16.4. The van der Waals surface area contributed by atoms with Crippen molar-refractivity contribution in [3.05, 3.63) is 22.5 Å². The van der Waals surface area contributed by atoms with Gasteiger partial charge in [-0.25, -0.2) is 9.78 Å². The van der Waals surface area contributed by atoms with Crippen LogP contribution in [0, 0.1) is 6.92 Å². The molecule has 2 aromatic rings. The zero-order valence-corrected chi connectivity index (χ0v) is 9.63. The number of nitrogens with zero attached hydrogens (tertiary/aromatic N) is 2. The van der Waals surface area contributed by atoms with Crippen LogP contribution in [-0.2, 0) is 0 Å². The number of fused-ring (bicyclic) bond motifs is 1. The van der Waals surface area contributed by atoms with E-state index >= 15 is 0 Å². The zero-order chi connectivity index (χ0) is 11.2. The number of hydrogen-bond donors (Lipinski definition) is 1. The number of thiazole rings is 1. The van der Waals surface area contributed by atoms with Crippen LogP contribution in [0.15, 0.2) is 6.20 Å². The van der Waals surface area contributed by atoms with Crippen molar-refractivity contribution in [2.75, 3.05) is 0 Å². The van der Waals surface area contributed by atoms with Gasteiger partial charge in [-0.1, -0.05) is 25.2 Å². The highest BCUT2D eigenvalue weighted by Crippen LogP contribution is 2.25. The molecule has 0 aliphatic heterocycles. The molecule has 2 heterocycles. The predicted molar refractivity (Wildman–Crippen MR) is 58.9 cm³/mol. The predicted octanol–water partition coefficient (Wildman–Crippen LogP) is 2.53. The number of aryl methyl sites for hydroxylation is 1. The van der Waals surface area contributed by atoms with Crippen molar-refractivity contribution in [1.82, 2.24) is 9.38 Å². The molecule has 5 heteroatoms. The van der Waals surface area contributed by atoms with E-state index in [1.807, 2.05) is 10.6 Å². The molecule has 0 radical (unpaired) electrons. The Kier molecular flexibility index (Phi) is 2.26. The molecule has 0 atom stereocenters. The number of rotatable bonds is 2. The Balaban J connectivity index is 2.62. The van der Waals surface area contributed by atoms with Crippen molar-refractivity contribution >= 4 is 22.3 Å². The van der Waals surface area contributed by atoms with Crippen molar-refractivity contribution < 1.29 is 9.90 Å². The normalized spacial score (nSPS) is 11.5. The van der Waals surface area contributed by atoms with Gasteiger partial charge >= 0.3 is 5.97 Å². The molecule has 0 unspecified atom stereocenters. The molecule has 80 valence electrons. The number of carbonyl (C=O) groups is 1. The first-order chi connectivity index (χ1) is 7.00. The number of imidazole rings is 1. The lowest BCUT2D eigenvalue weighted by Crippen LogP contribution is -1.96. The first kappa shape index (κ1) is 10.2. The van der Waals surface area contributed by atoms with E-state index in [-0.39, 0.29) is 0 Å². The van der Waals surface area contributed by atoms with Crippen LogP contribution >= 0.6 is 11.3 Å². The average molecular weight is 224 g/mol. The van der Waals surface area contributed by atoms with Gasteiger partial charge in [-0.3, -0.25) is 4.40 Å². The van der Waals surface area contributed by atoms with Crippen LogP contribution in [0.3, 0.4) is 0 Å². The van der Waals surface area contributed by atoms with E-state index in [0.717, 1.165) is 16.3 Å². The van der Waals surface area contributed by atoms with E-state index < -0.39 is 5.97 Å². The van der Waals surface area contributed by atoms with E-state index in [9.17, 15) is 4.79 Å². The molecule has 2 rings (SSSR count). The molecular weight excluding hydrogens is 212 g/mol. The number of aromatic carboxylic acids is 1. The molecule has 0 fully saturated rings. The molecule has 2 aromatic heterocycles. The van der Waals surface area contributed by atoms with Gasteiger partial charge in [0.05, 0.1) is 5.69 Å². The van der Waals surface area contributed by atoms with Gasteiger partial charge in [0.1, 0.15) is 4.88 Å². The minimum absolute atomic E-state index is 0.366. The lowest BCUT2D eigenvalue weighted by molar-refractivity contribution is 0.0701. The summed E-state index contributed by atoms with van der Waals surface area (Å²) in [5, 5.41) is 8.93. The second-order valence-electron chi connectivity index (χ2n) is 3.79. The molecule has 0 aromatic carbocycles. The minimum Gasteiger partial charge on any atom is -0.477 e. The van der Waals surface area contributed by atoms with Crippen molar-refractivity contribution in [2.45, 2.75) is 26.7 Å². The first-order valence-corrected chi connectivity index (χ1v) is 5.54. The Morgan fingerprint density at radius 2 is 2.27 bits per heavy atom. The second-order valence-corrected chi connectivity index (χ2v) is 4.77. The monoisotopic (exact) mass is 224 g/mol. The van der Waals surface area contributed by atoms with Crippen LogP contribution < -0.4 is 0 Å². The smallest absolute Gasteiger partial charge is 0.347 e.